The lowest BCUT2D eigenvalue weighted by atomic mass is 10.3. The molecule has 0 unspecified atom stereocenters. The number of benzene rings is 1. The molecule has 10 heteroatoms. The van der Waals surface area contributed by atoms with Gasteiger partial charge in [-0.3, -0.25) is 14.4 Å². The molecule has 1 fully saturated rings. The molecule has 150 valence electrons. The second-order valence-electron chi connectivity index (χ2n) is 6.25. The first-order valence-electron chi connectivity index (χ1n) is 8.76. The lowest BCUT2D eigenvalue weighted by molar-refractivity contribution is -0.141. The van der Waals surface area contributed by atoms with Gasteiger partial charge >= 0.3 is 5.97 Å². The molecule has 1 aromatic carbocycles. The van der Waals surface area contributed by atoms with Crippen molar-refractivity contribution in [3.8, 4) is 0 Å². The summed E-state index contributed by atoms with van der Waals surface area (Å²) in [6.45, 7) is 1.43. The number of fused-ring (bicyclic) bond motifs is 1. The van der Waals surface area contributed by atoms with Crippen molar-refractivity contribution in [2.45, 2.75) is 19.4 Å². The van der Waals surface area contributed by atoms with Crippen LogP contribution in [0.1, 0.15) is 12.8 Å². The van der Waals surface area contributed by atoms with E-state index in [4.69, 9.17) is 4.74 Å². The van der Waals surface area contributed by atoms with E-state index in [1.807, 2.05) is 0 Å². The molecule has 1 saturated heterocycles. The highest BCUT2D eigenvalue weighted by Crippen LogP contribution is 2.19. The van der Waals surface area contributed by atoms with E-state index in [0.29, 0.717) is 15.0 Å². The highest BCUT2D eigenvalue weighted by molar-refractivity contribution is 8.00. The van der Waals surface area contributed by atoms with Crippen LogP contribution in [0.15, 0.2) is 23.2 Å². The van der Waals surface area contributed by atoms with Crippen LogP contribution in [0.3, 0.4) is 0 Å². The van der Waals surface area contributed by atoms with E-state index in [1.54, 1.807) is 4.90 Å². The van der Waals surface area contributed by atoms with Crippen molar-refractivity contribution < 1.29 is 23.5 Å². The van der Waals surface area contributed by atoms with Crippen LogP contribution in [-0.4, -0.2) is 59.0 Å². The maximum atomic E-state index is 13.5. The van der Waals surface area contributed by atoms with Crippen molar-refractivity contribution in [3.05, 3.63) is 28.8 Å². The normalized spacial score (nSPS) is 14.6. The lowest BCUT2D eigenvalue weighted by Crippen LogP contribution is -2.29. The predicted octanol–water partition coefficient (Wildman–Crippen LogP) is 1.80. The average Bonchev–Trinajstić information content (AvgIpc) is 3.30. The van der Waals surface area contributed by atoms with Crippen LogP contribution < -0.4 is 4.80 Å². The molecule has 1 aliphatic rings. The fourth-order valence-electron chi connectivity index (χ4n) is 2.90. The number of halogens is 1. The van der Waals surface area contributed by atoms with Crippen molar-refractivity contribution in [2.24, 2.45) is 4.99 Å². The molecule has 7 nitrogen and oxygen atoms in total. The van der Waals surface area contributed by atoms with Crippen LogP contribution >= 0.6 is 23.1 Å². The Morgan fingerprint density at radius 3 is 2.71 bits per heavy atom. The number of hydrogen-bond acceptors (Lipinski definition) is 6. The number of likely N-dealkylation sites (tertiary alicyclic amines) is 1. The van der Waals surface area contributed by atoms with Gasteiger partial charge in [-0.05, 0) is 31.0 Å². The molecule has 0 radical (unpaired) electrons. The first kappa shape index (κ1) is 20.5. The van der Waals surface area contributed by atoms with Crippen molar-refractivity contribution in [1.29, 1.82) is 0 Å². The Morgan fingerprint density at radius 2 is 2.00 bits per heavy atom. The third-order valence-electron chi connectivity index (χ3n) is 4.29. The lowest BCUT2D eigenvalue weighted by Gasteiger charge is -2.14. The molecular weight excluding hydrogens is 405 g/mol. The Labute approximate surface area is 169 Å². The number of hydrogen-bond donors (Lipinski definition) is 0. The number of carbonyl (C=O) groups excluding carboxylic acids is 3. The quantitative estimate of drug-likeness (QED) is 0.660. The Bertz CT molecular complexity index is 963. The summed E-state index contributed by atoms with van der Waals surface area (Å²) < 4.78 is 20.3. The predicted molar refractivity (Wildman–Crippen MR) is 105 cm³/mol. The molecule has 3 rings (SSSR count). The van der Waals surface area contributed by atoms with Gasteiger partial charge in [-0.25, -0.2) is 4.39 Å². The Hall–Kier alpha value is -2.20. The zero-order chi connectivity index (χ0) is 20.1. The van der Waals surface area contributed by atoms with E-state index in [0.717, 1.165) is 37.3 Å². The molecule has 0 spiro atoms. The summed E-state index contributed by atoms with van der Waals surface area (Å²) in [5.74, 6) is -0.990. The smallest absolute Gasteiger partial charge is 0.325 e. The molecule has 2 amide bonds. The van der Waals surface area contributed by atoms with E-state index >= 15 is 0 Å². The van der Waals surface area contributed by atoms with Gasteiger partial charge in [0.25, 0.3) is 5.91 Å². The minimum atomic E-state index is -0.497. The number of thioether (sulfide) groups is 1. The zero-order valence-corrected chi connectivity index (χ0v) is 17.0. The van der Waals surface area contributed by atoms with Gasteiger partial charge in [0.05, 0.1) is 28.8 Å². The van der Waals surface area contributed by atoms with Gasteiger partial charge < -0.3 is 14.2 Å². The van der Waals surface area contributed by atoms with Crippen molar-refractivity contribution in [2.75, 3.05) is 31.7 Å². The van der Waals surface area contributed by atoms with E-state index in [2.05, 4.69) is 4.99 Å². The van der Waals surface area contributed by atoms with Crippen LogP contribution in [0.25, 0.3) is 10.2 Å². The van der Waals surface area contributed by atoms with Gasteiger partial charge in [-0.1, -0.05) is 11.3 Å². The zero-order valence-electron chi connectivity index (χ0n) is 15.4. The van der Waals surface area contributed by atoms with E-state index in [9.17, 15) is 18.8 Å². The summed E-state index contributed by atoms with van der Waals surface area (Å²) in [4.78, 5) is 42.2. The summed E-state index contributed by atoms with van der Waals surface area (Å²) in [7, 11) is 1.27. The SMILES string of the molecule is COC(=O)Cn1c(=NC(=O)CSCC(=O)N2CCCC2)sc2cc(F)ccc21. The first-order chi connectivity index (χ1) is 13.5. The standard InChI is InChI=1S/C18H20FN3O4S2/c1-26-17(25)9-22-13-5-4-12(19)8-14(13)28-18(22)20-15(23)10-27-11-16(24)21-6-2-3-7-21/h4-5,8H,2-3,6-7,9-11H2,1H3. The third-order valence-corrected chi connectivity index (χ3v) is 6.23. The van der Waals surface area contributed by atoms with Crippen LogP contribution in [0.5, 0.6) is 0 Å². The van der Waals surface area contributed by atoms with Crippen LogP contribution in [0.4, 0.5) is 4.39 Å². The van der Waals surface area contributed by atoms with Crippen molar-refractivity contribution >= 4 is 51.1 Å². The molecule has 0 saturated carbocycles. The minimum Gasteiger partial charge on any atom is -0.468 e. The second-order valence-corrected chi connectivity index (χ2v) is 8.24. The summed E-state index contributed by atoms with van der Waals surface area (Å²) in [5.41, 5.74) is 0.597. The fourth-order valence-corrected chi connectivity index (χ4v) is 4.67. The van der Waals surface area contributed by atoms with E-state index < -0.39 is 17.7 Å². The summed E-state index contributed by atoms with van der Waals surface area (Å²) in [6, 6.07) is 4.16. The maximum absolute atomic E-state index is 13.5. The highest BCUT2D eigenvalue weighted by Gasteiger charge is 2.18. The number of carbonyl (C=O) groups is 3. The highest BCUT2D eigenvalue weighted by atomic mass is 32.2. The monoisotopic (exact) mass is 425 g/mol. The Morgan fingerprint density at radius 1 is 1.25 bits per heavy atom. The van der Waals surface area contributed by atoms with Crippen molar-refractivity contribution in [1.82, 2.24) is 9.47 Å². The summed E-state index contributed by atoms with van der Waals surface area (Å²) in [6.07, 6.45) is 2.05. The Balaban J connectivity index is 1.73. The number of rotatable bonds is 6. The number of thiazole rings is 1. The van der Waals surface area contributed by atoms with Gasteiger partial charge in [-0.15, -0.1) is 11.8 Å². The largest absolute Gasteiger partial charge is 0.468 e. The summed E-state index contributed by atoms with van der Waals surface area (Å²) >= 11 is 2.34. The molecule has 1 aromatic heterocycles. The average molecular weight is 426 g/mol. The van der Waals surface area contributed by atoms with Gasteiger partial charge in [0.1, 0.15) is 12.4 Å². The number of ether oxygens (including phenoxy) is 1. The number of amides is 2. The van der Waals surface area contributed by atoms with E-state index in [1.165, 1.54) is 41.6 Å². The molecular formula is C18H20FN3O4S2. The third kappa shape index (κ3) is 4.99. The number of nitrogens with zero attached hydrogens (tertiary/aromatic N) is 3. The number of aromatic nitrogens is 1. The molecule has 2 aromatic rings. The molecule has 0 bridgehead atoms. The topological polar surface area (TPSA) is 81.0 Å². The van der Waals surface area contributed by atoms with Gasteiger partial charge in [-0.2, -0.15) is 4.99 Å². The number of methoxy groups -OCH3 is 1. The maximum Gasteiger partial charge on any atom is 0.325 e. The van der Waals surface area contributed by atoms with Crippen LogP contribution in [0.2, 0.25) is 0 Å². The van der Waals surface area contributed by atoms with Gasteiger partial charge in [0, 0.05) is 13.1 Å². The molecule has 0 N–H and O–H groups in total. The minimum absolute atomic E-state index is 0.0355. The van der Waals surface area contributed by atoms with Crippen molar-refractivity contribution in [3.63, 3.8) is 0 Å². The molecule has 28 heavy (non-hydrogen) atoms. The first-order valence-corrected chi connectivity index (χ1v) is 10.7. The van der Waals surface area contributed by atoms with Gasteiger partial charge in [0.15, 0.2) is 4.80 Å². The molecule has 0 atom stereocenters. The second kappa shape index (κ2) is 9.33. The fraction of sp³-hybridized carbons (Fsp3) is 0.444. The molecule has 2 heterocycles. The van der Waals surface area contributed by atoms with Crippen LogP contribution in [0, 0.1) is 5.82 Å². The van der Waals surface area contributed by atoms with E-state index in [-0.39, 0.29) is 24.0 Å². The number of esters is 1. The molecule has 0 aliphatic carbocycles. The van der Waals surface area contributed by atoms with Crippen LogP contribution in [-0.2, 0) is 25.7 Å². The molecule has 1 aliphatic heterocycles. The van der Waals surface area contributed by atoms with Gasteiger partial charge in [0.2, 0.25) is 5.91 Å². The Kier molecular flexibility index (Phi) is 6.84. The summed E-state index contributed by atoms with van der Waals surface area (Å²) in [5, 5.41) is 0.